The SMILES string of the molecule is [C-]#[N+]c1cn[nH]c1CC. The number of hydrogen-bond donors (Lipinski definition) is 1. The van der Waals surface area contributed by atoms with Crippen LogP contribution in [-0.2, 0) is 6.42 Å². The Balaban J connectivity index is 3.02. The van der Waals surface area contributed by atoms with Crippen molar-refractivity contribution < 1.29 is 0 Å². The van der Waals surface area contributed by atoms with Crippen LogP contribution in [0.4, 0.5) is 5.69 Å². The van der Waals surface area contributed by atoms with Crippen LogP contribution >= 0.6 is 0 Å². The highest BCUT2D eigenvalue weighted by atomic mass is 15.1. The zero-order valence-corrected chi connectivity index (χ0v) is 5.18. The van der Waals surface area contributed by atoms with Crippen LogP contribution in [0.5, 0.6) is 0 Å². The summed E-state index contributed by atoms with van der Waals surface area (Å²) in [6.45, 7) is 8.66. The predicted molar refractivity (Wildman–Crippen MR) is 34.2 cm³/mol. The lowest BCUT2D eigenvalue weighted by Gasteiger charge is -1.85. The van der Waals surface area contributed by atoms with Crippen LogP contribution in [0.15, 0.2) is 6.20 Å². The number of H-pyrrole nitrogens is 1. The molecule has 3 nitrogen and oxygen atoms in total. The van der Waals surface area contributed by atoms with Crippen LogP contribution in [0.2, 0.25) is 0 Å². The molecule has 1 heterocycles. The number of aryl methyl sites for hydroxylation is 1. The van der Waals surface area contributed by atoms with Crippen LogP contribution < -0.4 is 0 Å². The molecule has 0 aliphatic heterocycles. The Labute approximate surface area is 53.5 Å². The fourth-order valence-corrected chi connectivity index (χ4v) is 0.663. The summed E-state index contributed by atoms with van der Waals surface area (Å²) in [6, 6.07) is 0. The second-order valence-corrected chi connectivity index (χ2v) is 1.70. The van der Waals surface area contributed by atoms with Crippen molar-refractivity contribution in [1.29, 1.82) is 0 Å². The van der Waals surface area contributed by atoms with Crippen LogP contribution in [0.1, 0.15) is 12.6 Å². The molecule has 3 heteroatoms. The van der Waals surface area contributed by atoms with Crippen LogP contribution in [0.25, 0.3) is 4.85 Å². The van der Waals surface area contributed by atoms with Gasteiger partial charge in [0, 0.05) is 5.69 Å². The molecule has 1 aromatic rings. The van der Waals surface area contributed by atoms with Crippen molar-refractivity contribution in [3.63, 3.8) is 0 Å². The molecule has 0 bridgehead atoms. The van der Waals surface area contributed by atoms with Gasteiger partial charge in [-0.25, -0.2) is 4.85 Å². The number of aromatic amines is 1. The van der Waals surface area contributed by atoms with Gasteiger partial charge in [0.15, 0.2) is 0 Å². The summed E-state index contributed by atoms with van der Waals surface area (Å²) in [4.78, 5) is 3.26. The van der Waals surface area contributed by atoms with E-state index in [9.17, 15) is 0 Å². The van der Waals surface area contributed by atoms with E-state index in [0.29, 0.717) is 5.69 Å². The standard InChI is InChI=1S/C6H7N3/c1-3-5-6(7-2)4-8-9-5/h4H,3H2,1H3,(H,8,9). The maximum atomic E-state index is 6.67. The maximum absolute atomic E-state index is 6.67. The molecular weight excluding hydrogens is 114 g/mol. The van der Waals surface area contributed by atoms with Gasteiger partial charge in [0.2, 0.25) is 5.69 Å². The third kappa shape index (κ3) is 0.918. The summed E-state index contributed by atoms with van der Waals surface area (Å²) < 4.78 is 0. The zero-order chi connectivity index (χ0) is 6.69. The lowest BCUT2D eigenvalue weighted by atomic mass is 10.3. The first kappa shape index (κ1) is 5.83. The summed E-state index contributed by atoms with van der Waals surface area (Å²) >= 11 is 0. The van der Waals surface area contributed by atoms with Crippen molar-refractivity contribution in [2.45, 2.75) is 13.3 Å². The van der Waals surface area contributed by atoms with E-state index in [2.05, 4.69) is 15.0 Å². The molecule has 0 unspecified atom stereocenters. The van der Waals surface area contributed by atoms with E-state index < -0.39 is 0 Å². The summed E-state index contributed by atoms with van der Waals surface area (Å²) in [5.74, 6) is 0. The summed E-state index contributed by atoms with van der Waals surface area (Å²) in [7, 11) is 0. The zero-order valence-electron chi connectivity index (χ0n) is 5.18. The minimum Gasteiger partial charge on any atom is -0.294 e. The summed E-state index contributed by atoms with van der Waals surface area (Å²) in [6.07, 6.45) is 2.39. The Morgan fingerprint density at radius 1 is 1.89 bits per heavy atom. The van der Waals surface area contributed by atoms with Gasteiger partial charge in [0.1, 0.15) is 0 Å². The Morgan fingerprint density at radius 2 is 2.67 bits per heavy atom. The molecule has 0 amide bonds. The predicted octanol–water partition coefficient (Wildman–Crippen LogP) is 1.52. The molecule has 0 saturated heterocycles. The first-order valence-corrected chi connectivity index (χ1v) is 2.78. The van der Waals surface area contributed by atoms with E-state index in [1.807, 2.05) is 6.92 Å². The quantitative estimate of drug-likeness (QED) is 0.561. The first-order chi connectivity index (χ1) is 4.38. The van der Waals surface area contributed by atoms with E-state index in [1.165, 1.54) is 0 Å². The molecule has 0 fully saturated rings. The molecule has 0 atom stereocenters. The largest absolute Gasteiger partial charge is 0.294 e. The monoisotopic (exact) mass is 121 g/mol. The van der Waals surface area contributed by atoms with Crippen molar-refractivity contribution >= 4 is 5.69 Å². The van der Waals surface area contributed by atoms with Crippen molar-refractivity contribution in [1.82, 2.24) is 10.2 Å². The molecule has 0 radical (unpaired) electrons. The summed E-state index contributed by atoms with van der Waals surface area (Å²) in [5, 5.41) is 6.47. The van der Waals surface area contributed by atoms with Crippen LogP contribution in [0.3, 0.4) is 0 Å². The average molecular weight is 121 g/mol. The van der Waals surface area contributed by atoms with Crippen LogP contribution in [-0.4, -0.2) is 10.2 Å². The minimum atomic E-state index is 0.637. The van der Waals surface area contributed by atoms with E-state index in [0.717, 1.165) is 12.1 Å². The smallest absolute Gasteiger partial charge is 0.227 e. The molecular formula is C6H7N3. The molecule has 0 saturated carbocycles. The molecule has 46 valence electrons. The van der Waals surface area contributed by atoms with Gasteiger partial charge in [0.25, 0.3) is 0 Å². The van der Waals surface area contributed by atoms with Gasteiger partial charge >= 0.3 is 0 Å². The molecule has 0 aliphatic rings. The van der Waals surface area contributed by atoms with E-state index in [1.54, 1.807) is 6.20 Å². The Bertz CT molecular complexity index is 231. The third-order valence-electron chi connectivity index (χ3n) is 1.17. The lowest BCUT2D eigenvalue weighted by Crippen LogP contribution is -1.77. The maximum Gasteiger partial charge on any atom is 0.227 e. The second kappa shape index (κ2) is 2.31. The van der Waals surface area contributed by atoms with Crippen molar-refractivity contribution in [3.8, 4) is 0 Å². The van der Waals surface area contributed by atoms with Crippen molar-refractivity contribution in [3.05, 3.63) is 23.3 Å². The average Bonchev–Trinajstić information content (AvgIpc) is 2.33. The van der Waals surface area contributed by atoms with E-state index >= 15 is 0 Å². The number of nitrogens with zero attached hydrogens (tertiary/aromatic N) is 2. The fraction of sp³-hybridized carbons (Fsp3) is 0.333. The Morgan fingerprint density at radius 3 is 3.11 bits per heavy atom. The highest BCUT2D eigenvalue weighted by Crippen LogP contribution is 2.14. The first-order valence-electron chi connectivity index (χ1n) is 2.78. The molecule has 1 aromatic heterocycles. The highest BCUT2D eigenvalue weighted by Gasteiger charge is 1.98. The van der Waals surface area contributed by atoms with Gasteiger partial charge in [-0.3, -0.25) is 5.10 Å². The Hall–Kier alpha value is -1.30. The molecule has 0 aromatic carbocycles. The van der Waals surface area contributed by atoms with Gasteiger partial charge in [0.05, 0.1) is 12.8 Å². The second-order valence-electron chi connectivity index (χ2n) is 1.70. The van der Waals surface area contributed by atoms with Gasteiger partial charge in [-0.15, -0.1) is 0 Å². The van der Waals surface area contributed by atoms with Gasteiger partial charge < -0.3 is 0 Å². The highest BCUT2D eigenvalue weighted by molar-refractivity contribution is 5.46. The third-order valence-corrected chi connectivity index (χ3v) is 1.17. The van der Waals surface area contributed by atoms with Gasteiger partial charge in [-0.2, -0.15) is 5.10 Å². The molecule has 9 heavy (non-hydrogen) atoms. The number of hydrogen-bond acceptors (Lipinski definition) is 1. The molecule has 0 spiro atoms. The molecule has 0 aliphatic carbocycles. The van der Waals surface area contributed by atoms with Crippen molar-refractivity contribution in [2.75, 3.05) is 0 Å². The van der Waals surface area contributed by atoms with Gasteiger partial charge in [-0.05, 0) is 6.42 Å². The van der Waals surface area contributed by atoms with Gasteiger partial charge in [-0.1, -0.05) is 6.92 Å². The number of rotatable bonds is 1. The minimum absolute atomic E-state index is 0.637. The van der Waals surface area contributed by atoms with Crippen molar-refractivity contribution in [2.24, 2.45) is 0 Å². The van der Waals surface area contributed by atoms with E-state index in [-0.39, 0.29) is 0 Å². The topological polar surface area (TPSA) is 33.0 Å². The number of nitrogens with one attached hydrogen (secondary N) is 1. The lowest BCUT2D eigenvalue weighted by molar-refractivity contribution is 0.976. The Kier molecular flexibility index (Phi) is 1.50. The van der Waals surface area contributed by atoms with Crippen LogP contribution in [0, 0.1) is 6.57 Å². The molecule has 1 rings (SSSR count). The van der Waals surface area contributed by atoms with E-state index in [4.69, 9.17) is 6.57 Å². The summed E-state index contributed by atoms with van der Waals surface area (Å²) in [5.41, 5.74) is 1.56. The number of aromatic nitrogens is 2. The normalized spacial score (nSPS) is 8.89. The molecule has 1 N–H and O–H groups in total. The fourth-order valence-electron chi connectivity index (χ4n) is 0.663.